The fourth-order valence-corrected chi connectivity index (χ4v) is 3.49. The Labute approximate surface area is 176 Å². The second-order valence-corrected chi connectivity index (χ2v) is 8.77. The number of carbonyl (C=O) groups excluding carboxylic acids is 2. The Hall–Kier alpha value is -2.01. The van der Waals surface area contributed by atoms with Crippen LogP contribution in [0.25, 0.3) is 0 Å². The molecule has 0 spiro atoms. The summed E-state index contributed by atoms with van der Waals surface area (Å²) in [5, 5.41) is 0. The van der Waals surface area contributed by atoms with Gasteiger partial charge in [-0.3, -0.25) is 13.8 Å². The standard InChI is InChI=1S/C20H28O9S/c1-14(21)25-13-19-9-18(28-15(2)22)10-20(29-19)26-11-17(12-27-30(3,23)24)16-7-5-4-6-8-16/h4-8,17-20H,9-13H2,1-3H3/t17?,18?,19-,20?/m0/s1. The smallest absolute Gasteiger partial charge is 0.302 e. The third kappa shape index (κ3) is 9.21. The van der Waals surface area contributed by atoms with Crippen molar-refractivity contribution in [3.63, 3.8) is 0 Å². The summed E-state index contributed by atoms with van der Waals surface area (Å²) >= 11 is 0. The van der Waals surface area contributed by atoms with Crippen LogP contribution in [0.2, 0.25) is 0 Å². The van der Waals surface area contributed by atoms with Crippen LogP contribution in [0.4, 0.5) is 0 Å². The third-order valence-electron chi connectivity index (χ3n) is 4.37. The molecule has 4 atom stereocenters. The minimum Gasteiger partial charge on any atom is -0.463 e. The van der Waals surface area contributed by atoms with Gasteiger partial charge in [0, 0.05) is 32.6 Å². The molecule has 1 aromatic carbocycles. The molecular formula is C20H28O9S. The molecule has 10 heteroatoms. The summed E-state index contributed by atoms with van der Waals surface area (Å²) in [5.41, 5.74) is 0.852. The monoisotopic (exact) mass is 444 g/mol. The number of esters is 2. The summed E-state index contributed by atoms with van der Waals surface area (Å²) in [6, 6.07) is 9.24. The Morgan fingerprint density at radius 2 is 1.80 bits per heavy atom. The molecule has 0 aromatic heterocycles. The van der Waals surface area contributed by atoms with Crippen molar-refractivity contribution in [2.75, 3.05) is 26.1 Å². The van der Waals surface area contributed by atoms with Crippen LogP contribution in [-0.2, 0) is 42.8 Å². The Balaban J connectivity index is 2.03. The maximum atomic E-state index is 11.4. The SMILES string of the molecule is CC(=O)OC[C@@H]1CC(OC(C)=O)CC(OCC(COS(C)(=O)=O)c2ccccc2)O1. The van der Waals surface area contributed by atoms with Gasteiger partial charge in [-0.2, -0.15) is 8.42 Å². The topological polar surface area (TPSA) is 114 Å². The van der Waals surface area contributed by atoms with Crippen LogP contribution in [0.5, 0.6) is 0 Å². The maximum Gasteiger partial charge on any atom is 0.302 e. The van der Waals surface area contributed by atoms with E-state index in [4.69, 9.17) is 23.1 Å². The van der Waals surface area contributed by atoms with Crippen molar-refractivity contribution < 1.29 is 41.1 Å². The van der Waals surface area contributed by atoms with E-state index in [0.29, 0.717) is 12.8 Å². The van der Waals surface area contributed by atoms with Gasteiger partial charge in [0.25, 0.3) is 10.1 Å². The lowest BCUT2D eigenvalue weighted by Crippen LogP contribution is -2.42. The molecule has 30 heavy (non-hydrogen) atoms. The number of carbonyl (C=O) groups is 2. The molecule has 0 N–H and O–H groups in total. The summed E-state index contributed by atoms with van der Waals surface area (Å²) in [6.07, 6.45) is 0.0388. The van der Waals surface area contributed by atoms with Crippen LogP contribution >= 0.6 is 0 Å². The van der Waals surface area contributed by atoms with E-state index in [9.17, 15) is 18.0 Å². The normalized spacial score (nSPS) is 22.8. The zero-order valence-corrected chi connectivity index (χ0v) is 18.1. The summed E-state index contributed by atoms with van der Waals surface area (Å²) < 4.78 is 49.8. The molecule has 1 fully saturated rings. The van der Waals surface area contributed by atoms with Gasteiger partial charge in [-0.05, 0) is 5.56 Å². The lowest BCUT2D eigenvalue weighted by molar-refractivity contribution is -0.230. The molecule has 1 aliphatic rings. The van der Waals surface area contributed by atoms with E-state index in [1.54, 1.807) is 0 Å². The first kappa shape index (κ1) is 24.3. The summed E-state index contributed by atoms with van der Waals surface area (Å²) in [6.45, 7) is 2.68. The molecule has 1 heterocycles. The van der Waals surface area contributed by atoms with Crippen molar-refractivity contribution in [3.05, 3.63) is 35.9 Å². The lowest BCUT2D eigenvalue weighted by atomic mass is 10.0. The van der Waals surface area contributed by atoms with Gasteiger partial charge in [0.2, 0.25) is 0 Å². The van der Waals surface area contributed by atoms with E-state index in [-0.39, 0.29) is 25.7 Å². The molecule has 9 nitrogen and oxygen atoms in total. The van der Waals surface area contributed by atoms with Crippen molar-refractivity contribution >= 4 is 22.1 Å². The van der Waals surface area contributed by atoms with Crippen LogP contribution in [0.1, 0.15) is 38.2 Å². The fraction of sp³-hybridized carbons (Fsp3) is 0.600. The molecule has 168 valence electrons. The van der Waals surface area contributed by atoms with E-state index in [0.717, 1.165) is 11.8 Å². The van der Waals surface area contributed by atoms with E-state index in [1.807, 2.05) is 30.3 Å². The van der Waals surface area contributed by atoms with Gasteiger partial charge in [-0.1, -0.05) is 30.3 Å². The van der Waals surface area contributed by atoms with Gasteiger partial charge in [-0.15, -0.1) is 0 Å². The number of hydrogen-bond acceptors (Lipinski definition) is 9. The third-order valence-corrected chi connectivity index (χ3v) is 4.93. The van der Waals surface area contributed by atoms with E-state index >= 15 is 0 Å². The Bertz CT molecular complexity index is 794. The highest BCUT2D eigenvalue weighted by Crippen LogP contribution is 2.26. The van der Waals surface area contributed by atoms with Gasteiger partial charge >= 0.3 is 11.9 Å². The Kier molecular flexibility index (Phi) is 9.22. The highest BCUT2D eigenvalue weighted by molar-refractivity contribution is 7.85. The highest BCUT2D eigenvalue weighted by atomic mass is 32.2. The van der Waals surface area contributed by atoms with Crippen molar-refractivity contribution in [3.8, 4) is 0 Å². The quantitative estimate of drug-likeness (QED) is 0.393. The first-order valence-electron chi connectivity index (χ1n) is 9.59. The van der Waals surface area contributed by atoms with E-state index in [1.165, 1.54) is 13.8 Å². The van der Waals surface area contributed by atoms with Gasteiger partial charge < -0.3 is 18.9 Å². The molecule has 1 aliphatic heterocycles. The van der Waals surface area contributed by atoms with Crippen LogP contribution < -0.4 is 0 Å². The number of hydrogen-bond donors (Lipinski definition) is 0. The van der Waals surface area contributed by atoms with Gasteiger partial charge in [-0.25, -0.2) is 0 Å². The summed E-state index contributed by atoms with van der Waals surface area (Å²) in [5.74, 6) is -1.21. The molecule has 1 aromatic rings. The molecule has 0 amide bonds. The number of ether oxygens (including phenoxy) is 4. The molecule has 3 unspecified atom stereocenters. The van der Waals surface area contributed by atoms with Crippen molar-refractivity contribution in [1.82, 2.24) is 0 Å². The Morgan fingerprint density at radius 3 is 2.40 bits per heavy atom. The van der Waals surface area contributed by atoms with Crippen molar-refractivity contribution in [2.24, 2.45) is 0 Å². The average Bonchev–Trinajstić information content (AvgIpc) is 2.65. The maximum absolute atomic E-state index is 11.4. The van der Waals surface area contributed by atoms with Gasteiger partial charge in [0.1, 0.15) is 12.7 Å². The van der Waals surface area contributed by atoms with Gasteiger partial charge in [0.15, 0.2) is 6.29 Å². The summed E-state index contributed by atoms with van der Waals surface area (Å²) in [7, 11) is -3.61. The van der Waals surface area contributed by atoms with E-state index in [2.05, 4.69) is 0 Å². The molecule has 1 saturated heterocycles. The predicted octanol–water partition coefficient (Wildman–Crippen LogP) is 1.76. The van der Waals surface area contributed by atoms with Crippen LogP contribution in [0, 0.1) is 0 Å². The zero-order chi connectivity index (χ0) is 22.1. The first-order chi connectivity index (χ1) is 14.1. The second kappa shape index (κ2) is 11.4. The van der Waals surface area contributed by atoms with Crippen LogP contribution in [0.3, 0.4) is 0 Å². The van der Waals surface area contributed by atoms with E-state index < -0.39 is 40.6 Å². The molecule has 2 rings (SSSR count). The zero-order valence-electron chi connectivity index (χ0n) is 17.3. The molecule has 0 bridgehead atoms. The summed E-state index contributed by atoms with van der Waals surface area (Å²) in [4.78, 5) is 22.5. The fourth-order valence-electron chi connectivity index (χ4n) is 3.08. The second-order valence-electron chi connectivity index (χ2n) is 7.12. The Morgan fingerprint density at radius 1 is 1.10 bits per heavy atom. The highest BCUT2D eigenvalue weighted by Gasteiger charge is 2.33. The largest absolute Gasteiger partial charge is 0.463 e. The molecule has 0 saturated carbocycles. The molecule has 0 aliphatic carbocycles. The first-order valence-corrected chi connectivity index (χ1v) is 11.4. The number of benzene rings is 1. The minimum atomic E-state index is -3.61. The van der Waals surface area contributed by atoms with Crippen LogP contribution in [0.15, 0.2) is 30.3 Å². The molecule has 0 radical (unpaired) electrons. The average molecular weight is 445 g/mol. The predicted molar refractivity (Wildman–Crippen MR) is 106 cm³/mol. The van der Waals surface area contributed by atoms with Crippen LogP contribution in [-0.4, -0.2) is 64.9 Å². The minimum absolute atomic E-state index is 0.0201. The molecular weight excluding hydrogens is 416 g/mol. The number of rotatable bonds is 10. The van der Waals surface area contributed by atoms with Crippen molar-refractivity contribution in [1.29, 1.82) is 0 Å². The van der Waals surface area contributed by atoms with Crippen molar-refractivity contribution in [2.45, 2.75) is 51.1 Å². The lowest BCUT2D eigenvalue weighted by Gasteiger charge is -2.35. The van der Waals surface area contributed by atoms with Gasteiger partial charge in [0.05, 0.1) is 25.6 Å².